The van der Waals surface area contributed by atoms with Crippen molar-refractivity contribution in [1.82, 2.24) is 5.32 Å². The molecule has 1 unspecified atom stereocenters. The first-order valence-electron chi connectivity index (χ1n) is 9.14. The molecule has 28 heavy (non-hydrogen) atoms. The quantitative estimate of drug-likeness (QED) is 0.611. The molecule has 2 heterocycles. The van der Waals surface area contributed by atoms with Gasteiger partial charge in [0, 0.05) is 28.0 Å². The summed E-state index contributed by atoms with van der Waals surface area (Å²) in [5.74, 6) is -1.39. The molecule has 0 radical (unpaired) electrons. The third-order valence-corrected chi connectivity index (χ3v) is 6.58. The van der Waals surface area contributed by atoms with Gasteiger partial charge in [-0.2, -0.15) is 0 Å². The highest BCUT2D eigenvalue weighted by molar-refractivity contribution is 8.04. The molecular formula is C21H23NO5S. The highest BCUT2D eigenvalue weighted by atomic mass is 32.2. The smallest absolute Gasteiger partial charge is 0.328 e. The lowest BCUT2D eigenvalue weighted by Crippen LogP contribution is -2.43. The highest BCUT2D eigenvalue weighted by Gasteiger charge is 2.43. The first-order valence-corrected chi connectivity index (χ1v) is 10.0. The van der Waals surface area contributed by atoms with Crippen LogP contribution in [-0.4, -0.2) is 40.5 Å². The second-order valence-corrected chi connectivity index (χ2v) is 7.99. The molecule has 0 saturated carbocycles. The van der Waals surface area contributed by atoms with E-state index in [0.717, 1.165) is 25.3 Å². The number of rotatable bonds is 2. The maximum absolute atomic E-state index is 9.55. The second-order valence-electron chi connectivity index (χ2n) is 6.84. The Morgan fingerprint density at radius 2 is 1.86 bits per heavy atom. The van der Waals surface area contributed by atoms with Gasteiger partial charge in [0.15, 0.2) is 0 Å². The van der Waals surface area contributed by atoms with Crippen molar-refractivity contribution in [3.05, 3.63) is 71.1 Å². The number of allylic oxidation sites excluding steroid dienone is 7. The summed E-state index contributed by atoms with van der Waals surface area (Å²) in [6, 6.07) is 0. The van der Waals surface area contributed by atoms with Crippen molar-refractivity contribution in [3.63, 3.8) is 0 Å². The van der Waals surface area contributed by atoms with Gasteiger partial charge in [0.25, 0.3) is 0 Å². The fraction of sp³-hybridized carbons (Fsp3) is 0.333. The maximum Gasteiger partial charge on any atom is 0.328 e. The number of carboxylic acid groups (broad SMARTS) is 2. The Morgan fingerprint density at radius 1 is 1.14 bits per heavy atom. The van der Waals surface area contributed by atoms with Crippen molar-refractivity contribution in [1.29, 1.82) is 0 Å². The zero-order valence-corrected chi connectivity index (χ0v) is 16.2. The van der Waals surface area contributed by atoms with Crippen molar-refractivity contribution in [2.75, 3.05) is 13.1 Å². The van der Waals surface area contributed by atoms with Crippen molar-refractivity contribution < 1.29 is 24.5 Å². The summed E-state index contributed by atoms with van der Waals surface area (Å²) in [6.45, 7) is 2.21. The molecule has 0 bridgehead atoms. The molecule has 0 amide bonds. The van der Waals surface area contributed by atoms with Crippen LogP contribution >= 0.6 is 11.8 Å². The topological polar surface area (TPSA) is 95.9 Å². The van der Waals surface area contributed by atoms with Crippen LogP contribution in [-0.2, 0) is 14.3 Å². The van der Waals surface area contributed by atoms with E-state index in [-0.39, 0.29) is 5.41 Å². The number of aliphatic carboxylic acids is 2. The van der Waals surface area contributed by atoms with Crippen LogP contribution < -0.4 is 5.32 Å². The summed E-state index contributed by atoms with van der Waals surface area (Å²) >= 11 is 1.99. The molecule has 148 valence electrons. The van der Waals surface area contributed by atoms with Crippen LogP contribution in [0.4, 0.5) is 0 Å². The van der Waals surface area contributed by atoms with Gasteiger partial charge in [-0.3, -0.25) is 0 Å². The molecule has 4 aliphatic rings. The first-order chi connectivity index (χ1) is 13.5. The van der Waals surface area contributed by atoms with E-state index < -0.39 is 11.9 Å². The third-order valence-electron chi connectivity index (χ3n) is 4.99. The largest absolute Gasteiger partial charge is 0.478 e. The van der Waals surface area contributed by atoms with E-state index in [1.165, 1.54) is 23.3 Å². The van der Waals surface area contributed by atoms with Crippen LogP contribution in [0.1, 0.15) is 19.3 Å². The lowest BCUT2D eigenvalue weighted by atomic mass is 9.73. The predicted octanol–water partition coefficient (Wildman–Crippen LogP) is 3.38. The first kappa shape index (κ1) is 20.2. The number of nitrogens with one attached hydrogen (secondary N) is 1. The minimum absolute atomic E-state index is 0.255. The molecule has 7 heteroatoms. The molecule has 0 aromatic rings. The van der Waals surface area contributed by atoms with Gasteiger partial charge in [0.05, 0.1) is 11.5 Å². The standard InChI is InChI=1S/C17H19NOS.C4H4O4/c1-2-6-15-13(4-1)12-19-14-5-3-7-17(16(14)20-15)8-10-18-11-9-17;5-3(6)1-2-4(7)8/h1-3,5-7,12,16,18H,4,8-11H2;1-2H,(H,5,6)(H,7,8)/b;2-1-. The van der Waals surface area contributed by atoms with Crippen molar-refractivity contribution in [3.8, 4) is 0 Å². The summed E-state index contributed by atoms with van der Waals surface area (Å²) in [5, 5.41) is 19.5. The molecule has 1 fully saturated rings. The van der Waals surface area contributed by atoms with Gasteiger partial charge in [-0.15, -0.1) is 11.8 Å². The van der Waals surface area contributed by atoms with Gasteiger partial charge in [-0.05, 0) is 44.5 Å². The van der Waals surface area contributed by atoms with E-state index >= 15 is 0 Å². The predicted molar refractivity (Wildman–Crippen MR) is 109 cm³/mol. The minimum atomic E-state index is -1.26. The van der Waals surface area contributed by atoms with E-state index in [1.807, 2.05) is 18.0 Å². The van der Waals surface area contributed by atoms with Crippen LogP contribution in [0.15, 0.2) is 71.1 Å². The Bertz CT molecular complexity index is 797. The Labute approximate surface area is 168 Å². The summed E-state index contributed by atoms with van der Waals surface area (Å²) in [7, 11) is 0. The lowest BCUT2D eigenvalue weighted by molar-refractivity contribution is -0.134. The zero-order chi connectivity index (χ0) is 20.0. The molecule has 3 N–H and O–H groups in total. The molecule has 1 saturated heterocycles. The van der Waals surface area contributed by atoms with Crippen LogP contribution in [0.3, 0.4) is 0 Å². The molecule has 0 aromatic heterocycles. The molecule has 2 aliphatic heterocycles. The Balaban J connectivity index is 0.000000242. The maximum atomic E-state index is 9.55. The Kier molecular flexibility index (Phi) is 6.59. The third kappa shape index (κ3) is 4.85. The molecular weight excluding hydrogens is 378 g/mol. The van der Waals surface area contributed by atoms with Gasteiger partial charge in [-0.1, -0.05) is 24.3 Å². The van der Waals surface area contributed by atoms with Gasteiger partial charge >= 0.3 is 11.9 Å². The average molecular weight is 401 g/mol. The van der Waals surface area contributed by atoms with Crippen LogP contribution in [0, 0.1) is 5.41 Å². The molecule has 4 rings (SSSR count). The highest BCUT2D eigenvalue weighted by Crippen LogP contribution is 2.51. The van der Waals surface area contributed by atoms with E-state index in [1.54, 1.807) is 0 Å². The fourth-order valence-corrected chi connectivity index (χ4v) is 5.07. The number of carbonyl (C=O) groups is 2. The van der Waals surface area contributed by atoms with Gasteiger partial charge in [0.2, 0.25) is 0 Å². The monoisotopic (exact) mass is 401 g/mol. The van der Waals surface area contributed by atoms with E-state index in [4.69, 9.17) is 14.9 Å². The van der Waals surface area contributed by atoms with Crippen LogP contribution in [0.5, 0.6) is 0 Å². The van der Waals surface area contributed by atoms with Crippen molar-refractivity contribution in [2.24, 2.45) is 5.41 Å². The number of hydrogen-bond acceptors (Lipinski definition) is 5. The van der Waals surface area contributed by atoms with Gasteiger partial charge in [-0.25, -0.2) is 9.59 Å². The van der Waals surface area contributed by atoms with Crippen molar-refractivity contribution >= 4 is 23.7 Å². The number of hydrogen-bond donors (Lipinski definition) is 3. The van der Waals surface area contributed by atoms with Gasteiger partial charge in [0.1, 0.15) is 5.76 Å². The number of piperidine rings is 1. The number of thioether (sulfide) groups is 1. The molecule has 1 spiro atoms. The summed E-state index contributed by atoms with van der Waals surface area (Å²) in [6.07, 6.45) is 19.8. The summed E-state index contributed by atoms with van der Waals surface area (Å²) < 4.78 is 6.04. The average Bonchev–Trinajstić information content (AvgIpc) is 2.88. The SMILES string of the molecule is C1=CCC2=COC3=CC=CC4(CCNCC4)C3SC2=C1.O=C(O)/C=C\C(=O)O. The molecule has 6 nitrogen and oxygen atoms in total. The number of fused-ring (bicyclic) bond motifs is 3. The number of carboxylic acids is 2. The van der Waals surface area contributed by atoms with Crippen LogP contribution in [0.2, 0.25) is 0 Å². The lowest BCUT2D eigenvalue weighted by Gasteiger charge is -2.43. The molecule has 0 aromatic carbocycles. The van der Waals surface area contributed by atoms with E-state index in [2.05, 4.69) is 41.8 Å². The molecule has 2 aliphatic carbocycles. The Morgan fingerprint density at radius 3 is 2.54 bits per heavy atom. The van der Waals surface area contributed by atoms with Gasteiger partial charge < -0.3 is 20.3 Å². The van der Waals surface area contributed by atoms with E-state index in [9.17, 15) is 9.59 Å². The molecule has 1 atom stereocenters. The fourth-order valence-electron chi connectivity index (χ4n) is 3.58. The van der Waals surface area contributed by atoms with Crippen LogP contribution in [0.25, 0.3) is 0 Å². The normalized spacial score (nSPS) is 24.4. The van der Waals surface area contributed by atoms with E-state index in [0.29, 0.717) is 17.4 Å². The number of ether oxygens (including phenoxy) is 1. The zero-order valence-electron chi connectivity index (χ0n) is 15.3. The minimum Gasteiger partial charge on any atom is -0.478 e. The second kappa shape index (κ2) is 9.12. The Hall–Kier alpha value is -2.51. The summed E-state index contributed by atoms with van der Waals surface area (Å²) in [4.78, 5) is 20.5. The van der Waals surface area contributed by atoms with Crippen molar-refractivity contribution in [2.45, 2.75) is 24.5 Å². The summed E-state index contributed by atoms with van der Waals surface area (Å²) in [5.41, 5.74) is 1.57.